The number of rotatable bonds is 5. The van der Waals surface area contributed by atoms with E-state index in [0.717, 1.165) is 38.3 Å². The van der Waals surface area contributed by atoms with Gasteiger partial charge in [-0.3, -0.25) is 0 Å². The molecule has 2 amide bonds. The third-order valence-corrected chi connectivity index (χ3v) is 5.27. The van der Waals surface area contributed by atoms with Crippen molar-refractivity contribution in [3.8, 4) is 5.75 Å². The number of urea groups is 1. The molecule has 0 unspecified atom stereocenters. The minimum Gasteiger partial charge on any atom is -0.497 e. The maximum Gasteiger partial charge on any atom is 0.317 e. The largest absolute Gasteiger partial charge is 0.497 e. The number of hydrogen-bond acceptors (Lipinski definition) is 3. The summed E-state index contributed by atoms with van der Waals surface area (Å²) < 4.78 is 5.16. The van der Waals surface area contributed by atoms with Crippen LogP contribution < -0.4 is 15.0 Å². The highest BCUT2D eigenvalue weighted by Gasteiger charge is 2.21. The number of nitrogens with zero attached hydrogens (tertiary/aromatic N) is 2. The van der Waals surface area contributed by atoms with Gasteiger partial charge in [-0.25, -0.2) is 4.79 Å². The second kappa shape index (κ2) is 8.80. The fourth-order valence-corrected chi connectivity index (χ4v) is 3.31. The van der Waals surface area contributed by atoms with E-state index in [-0.39, 0.29) is 6.03 Å². The molecule has 27 heavy (non-hydrogen) atoms. The van der Waals surface area contributed by atoms with E-state index < -0.39 is 0 Å². The monoisotopic (exact) mass is 367 g/mol. The zero-order valence-electron chi connectivity index (χ0n) is 16.5. The Balaban J connectivity index is 1.43. The molecule has 0 spiro atoms. The molecule has 0 radical (unpaired) electrons. The molecule has 0 atom stereocenters. The predicted molar refractivity (Wildman–Crippen MR) is 110 cm³/mol. The van der Waals surface area contributed by atoms with E-state index in [1.165, 1.54) is 22.4 Å². The van der Waals surface area contributed by atoms with Gasteiger partial charge in [-0.2, -0.15) is 0 Å². The highest BCUT2D eigenvalue weighted by atomic mass is 16.5. The van der Waals surface area contributed by atoms with Crippen LogP contribution in [0.25, 0.3) is 0 Å². The standard InChI is InChI=1S/C22H29N3O2/c1-17-4-7-20(16-18(17)2)24-12-14-25(15-13-24)22(26)23-11-10-19-5-8-21(27-3)9-6-19/h4-9,16H,10-15H2,1-3H3,(H,23,26). The van der Waals surface area contributed by atoms with E-state index in [1.807, 2.05) is 29.2 Å². The van der Waals surface area contributed by atoms with Gasteiger partial charge in [-0.05, 0) is 61.2 Å². The van der Waals surface area contributed by atoms with Crippen LogP contribution in [0.4, 0.5) is 10.5 Å². The molecule has 2 aromatic carbocycles. The van der Waals surface area contributed by atoms with Gasteiger partial charge in [0.05, 0.1) is 7.11 Å². The fraction of sp³-hybridized carbons (Fsp3) is 0.409. The first-order valence-electron chi connectivity index (χ1n) is 9.55. The first-order chi connectivity index (χ1) is 13.1. The lowest BCUT2D eigenvalue weighted by Gasteiger charge is -2.36. The molecule has 144 valence electrons. The normalized spacial score (nSPS) is 14.2. The summed E-state index contributed by atoms with van der Waals surface area (Å²) >= 11 is 0. The van der Waals surface area contributed by atoms with Crippen molar-refractivity contribution in [2.24, 2.45) is 0 Å². The molecule has 2 aromatic rings. The Morgan fingerprint density at radius 2 is 1.70 bits per heavy atom. The summed E-state index contributed by atoms with van der Waals surface area (Å²) in [5, 5.41) is 3.04. The van der Waals surface area contributed by atoms with Gasteiger partial charge >= 0.3 is 6.03 Å². The second-order valence-electron chi connectivity index (χ2n) is 7.07. The lowest BCUT2D eigenvalue weighted by molar-refractivity contribution is 0.194. The third-order valence-electron chi connectivity index (χ3n) is 5.27. The molecule has 0 saturated carbocycles. The Labute approximate surface area is 161 Å². The van der Waals surface area contributed by atoms with Gasteiger partial charge in [0.2, 0.25) is 0 Å². The van der Waals surface area contributed by atoms with Crippen molar-refractivity contribution in [3.05, 3.63) is 59.2 Å². The van der Waals surface area contributed by atoms with Crippen molar-refractivity contribution in [2.75, 3.05) is 44.7 Å². The van der Waals surface area contributed by atoms with Crippen LogP contribution in [0.15, 0.2) is 42.5 Å². The quantitative estimate of drug-likeness (QED) is 0.881. The summed E-state index contributed by atoms with van der Waals surface area (Å²) in [5.74, 6) is 0.851. The summed E-state index contributed by atoms with van der Waals surface area (Å²) in [6.45, 7) is 8.16. The van der Waals surface area contributed by atoms with E-state index in [1.54, 1.807) is 7.11 Å². The molecule has 1 fully saturated rings. The number of nitrogens with one attached hydrogen (secondary N) is 1. The van der Waals surface area contributed by atoms with Crippen molar-refractivity contribution in [1.82, 2.24) is 10.2 Å². The number of hydrogen-bond donors (Lipinski definition) is 1. The molecule has 1 heterocycles. The molecule has 1 saturated heterocycles. The van der Waals surface area contributed by atoms with Crippen LogP contribution in [0.5, 0.6) is 5.75 Å². The van der Waals surface area contributed by atoms with Crippen LogP contribution in [0.3, 0.4) is 0 Å². The predicted octanol–water partition coefficient (Wildman–Crippen LogP) is 3.39. The number of aryl methyl sites for hydroxylation is 2. The zero-order chi connectivity index (χ0) is 19.2. The summed E-state index contributed by atoms with van der Waals surface area (Å²) in [6, 6.07) is 14.6. The first-order valence-corrected chi connectivity index (χ1v) is 9.55. The van der Waals surface area contributed by atoms with Gasteiger partial charge in [0.25, 0.3) is 0 Å². The average molecular weight is 367 g/mol. The van der Waals surface area contributed by atoms with E-state index in [0.29, 0.717) is 6.54 Å². The molecular formula is C22H29N3O2. The third kappa shape index (κ3) is 4.94. The van der Waals surface area contributed by atoms with E-state index in [9.17, 15) is 4.79 Å². The molecule has 1 aliphatic rings. The Morgan fingerprint density at radius 1 is 1.00 bits per heavy atom. The first kappa shape index (κ1) is 19.1. The van der Waals surface area contributed by atoms with E-state index >= 15 is 0 Å². The van der Waals surface area contributed by atoms with E-state index in [4.69, 9.17) is 4.74 Å². The highest BCUT2D eigenvalue weighted by Crippen LogP contribution is 2.20. The Hall–Kier alpha value is -2.69. The average Bonchev–Trinajstić information content (AvgIpc) is 2.70. The topological polar surface area (TPSA) is 44.8 Å². The number of carbonyl (C=O) groups excluding carboxylic acids is 1. The Morgan fingerprint density at radius 3 is 2.33 bits per heavy atom. The molecule has 0 bridgehead atoms. The highest BCUT2D eigenvalue weighted by molar-refractivity contribution is 5.74. The fourth-order valence-electron chi connectivity index (χ4n) is 3.31. The smallest absolute Gasteiger partial charge is 0.317 e. The van der Waals surface area contributed by atoms with Crippen LogP contribution >= 0.6 is 0 Å². The Bertz CT molecular complexity index is 766. The van der Waals surface area contributed by atoms with Gasteiger partial charge in [0, 0.05) is 38.4 Å². The van der Waals surface area contributed by atoms with Gasteiger partial charge in [0.15, 0.2) is 0 Å². The molecule has 0 aliphatic carbocycles. The van der Waals surface area contributed by atoms with Crippen molar-refractivity contribution in [3.63, 3.8) is 0 Å². The number of methoxy groups -OCH3 is 1. The number of ether oxygens (including phenoxy) is 1. The SMILES string of the molecule is COc1ccc(CCNC(=O)N2CCN(c3ccc(C)c(C)c3)CC2)cc1. The number of anilines is 1. The van der Waals surface area contributed by atoms with Gasteiger partial charge in [-0.15, -0.1) is 0 Å². The summed E-state index contributed by atoms with van der Waals surface area (Å²) in [4.78, 5) is 16.7. The molecule has 1 aliphatic heterocycles. The number of amides is 2. The summed E-state index contributed by atoms with van der Waals surface area (Å²) in [6.07, 6.45) is 0.818. The minimum atomic E-state index is 0.0308. The summed E-state index contributed by atoms with van der Waals surface area (Å²) in [5.41, 5.74) is 5.06. The lowest BCUT2D eigenvalue weighted by Crippen LogP contribution is -2.52. The van der Waals surface area contributed by atoms with E-state index in [2.05, 4.69) is 42.3 Å². The van der Waals surface area contributed by atoms with Crippen LogP contribution in [-0.2, 0) is 6.42 Å². The zero-order valence-corrected chi connectivity index (χ0v) is 16.5. The molecule has 3 rings (SSSR count). The number of carbonyl (C=O) groups is 1. The Kier molecular flexibility index (Phi) is 6.22. The maximum absolute atomic E-state index is 12.4. The van der Waals surface area contributed by atoms with Crippen LogP contribution in [-0.4, -0.2) is 50.8 Å². The molecular weight excluding hydrogens is 338 g/mol. The molecule has 1 N–H and O–H groups in total. The number of benzene rings is 2. The van der Waals surface area contributed by atoms with Crippen molar-refractivity contribution >= 4 is 11.7 Å². The molecule has 0 aromatic heterocycles. The van der Waals surface area contributed by atoms with Gasteiger partial charge in [-0.1, -0.05) is 18.2 Å². The van der Waals surface area contributed by atoms with Crippen molar-refractivity contribution in [1.29, 1.82) is 0 Å². The minimum absolute atomic E-state index is 0.0308. The van der Waals surface area contributed by atoms with Gasteiger partial charge in [0.1, 0.15) is 5.75 Å². The lowest BCUT2D eigenvalue weighted by atomic mass is 10.1. The van der Waals surface area contributed by atoms with Crippen molar-refractivity contribution in [2.45, 2.75) is 20.3 Å². The van der Waals surface area contributed by atoms with Crippen LogP contribution in [0, 0.1) is 13.8 Å². The molecule has 5 nitrogen and oxygen atoms in total. The molecule has 5 heteroatoms. The van der Waals surface area contributed by atoms with Crippen LogP contribution in [0.1, 0.15) is 16.7 Å². The van der Waals surface area contributed by atoms with Crippen LogP contribution in [0.2, 0.25) is 0 Å². The van der Waals surface area contributed by atoms with Crippen molar-refractivity contribution < 1.29 is 9.53 Å². The number of piperazine rings is 1. The maximum atomic E-state index is 12.4. The van der Waals surface area contributed by atoms with Gasteiger partial charge < -0.3 is 19.9 Å². The second-order valence-corrected chi connectivity index (χ2v) is 7.07. The summed E-state index contributed by atoms with van der Waals surface area (Å²) in [7, 11) is 1.66.